The van der Waals surface area contributed by atoms with E-state index in [1.165, 1.54) is 11.8 Å². The Hall–Kier alpha value is -1.45. The third kappa shape index (κ3) is 4.02. The van der Waals surface area contributed by atoms with Crippen LogP contribution in [0.3, 0.4) is 0 Å². The molecule has 1 amide bonds. The molecule has 0 saturated heterocycles. The second-order valence-corrected chi connectivity index (χ2v) is 6.37. The number of benzene rings is 2. The maximum absolute atomic E-state index is 12.2. The molecule has 0 aliphatic rings. The molecule has 0 bridgehead atoms. The maximum atomic E-state index is 12.2. The van der Waals surface area contributed by atoms with E-state index in [-0.39, 0.29) is 11.2 Å². The molecule has 0 heterocycles. The molecule has 2 rings (SSSR count). The predicted octanol–water partition coefficient (Wildman–Crippen LogP) is 4.77. The molecule has 1 N–H and O–H groups in total. The van der Waals surface area contributed by atoms with Crippen molar-refractivity contribution in [2.24, 2.45) is 0 Å². The zero-order valence-electron chi connectivity index (χ0n) is 11.4. The number of thioether (sulfide) groups is 1. The van der Waals surface area contributed by atoms with Crippen molar-refractivity contribution < 1.29 is 4.79 Å². The first kappa shape index (κ1) is 14.9. The Kier molecular flexibility index (Phi) is 5.10. The number of rotatable bonds is 4. The highest BCUT2D eigenvalue weighted by molar-refractivity contribution is 8.00. The topological polar surface area (TPSA) is 29.1 Å². The minimum Gasteiger partial charge on any atom is -0.325 e. The molecule has 0 fully saturated rings. The van der Waals surface area contributed by atoms with Crippen LogP contribution in [0, 0.1) is 6.92 Å². The Balaban J connectivity index is 2.02. The summed E-state index contributed by atoms with van der Waals surface area (Å²) in [5.41, 5.74) is 1.77. The van der Waals surface area contributed by atoms with E-state index in [2.05, 4.69) is 5.32 Å². The quantitative estimate of drug-likeness (QED) is 0.825. The van der Waals surface area contributed by atoms with Crippen molar-refractivity contribution in [1.29, 1.82) is 0 Å². The van der Waals surface area contributed by atoms with Gasteiger partial charge in [-0.05, 0) is 43.7 Å². The third-order valence-electron chi connectivity index (χ3n) is 2.88. The second kappa shape index (κ2) is 6.82. The van der Waals surface area contributed by atoms with E-state index in [4.69, 9.17) is 11.6 Å². The van der Waals surface area contributed by atoms with Crippen LogP contribution in [0.25, 0.3) is 0 Å². The lowest BCUT2D eigenvalue weighted by Gasteiger charge is -2.13. The molecule has 2 aromatic rings. The first-order chi connectivity index (χ1) is 9.56. The van der Waals surface area contributed by atoms with E-state index in [9.17, 15) is 4.79 Å². The monoisotopic (exact) mass is 305 g/mol. The van der Waals surface area contributed by atoms with Crippen LogP contribution in [-0.2, 0) is 4.79 Å². The summed E-state index contributed by atoms with van der Waals surface area (Å²) < 4.78 is 0. The SMILES string of the molecule is Cc1ccc(Cl)cc1NC(=O)[C@H](C)Sc1ccccc1. The van der Waals surface area contributed by atoms with Gasteiger partial charge in [-0.1, -0.05) is 35.9 Å². The molecule has 0 aliphatic carbocycles. The number of anilines is 1. The van der Waals surface area contributed by atoms with Gasteiger partial charge in [-0.25, -0.2) is 0 Å². The van der Waals surface area contributed by atoms with Crippen molar-refractivity contribution in [3.8, 4) is 0 Å². The lowest BCUT2D eigenvalue weighted by atomic mass is 10.2. The molecule has 0 aliphatic heterocycles. The fourth-order valence-corrected chi connectivity index (χ4v) is 2.78. The lowest BCUT2D eigenvalue weighted by Crippen LogP contribution is -2.22. The van der Waals surface area contributed by atoms with Crippen LogP contribution in [0.1, 0.15) is 12.5 Å². The smallest absolute Gasteiger partial charge is 0.237 e. The molecule has 1 atom stereocenters. The van der Waals surface area contributed by atoms with Crippen LogP contribution in [0.5, 0.6) is 0 Å². The summed E-state index contributed by atoms with van der Waals surface area (Å²) in [5, 5.41) is 3.38. The van der Waals surface area contributed by atoms with Gasteiger partial charge in [-0.15, -0.1) is 11.8 Å². The molecule has 0 unspecified atom stereocenters. The first-order valence-electron chi connectivity index (χ1n) is 6.35. The van der Waals surface area contributed by atoms with Gasteiger partial charge in [0.05, 0.1) is 5.25 Å². The van der Waals surface area contributed by atoms with Gasteiger partial charge >= 0.3 is 0 Å². The van der Waals surface area contributed by atoms with Gasteiger partial charge in [0.25, 0.3) is 0 Å². The zero-order valence-corrected chi connectivity index (χ0v) is 13.0. The van der Waals surface area contributed by atoms with Gasteiger partial charge in [0.15, 0.2) is 0 Å². The summed E-state index contributed by atoms with van der Waals surface area (Å²) in [6.45, 7) is 3.84. The van der Waals surface area contributed by atoms with Gasteiger partial charge < -0.3 is 5.32 Å². The first-order valence-corrected chi connectivity index (χ1v) is 7.61. The third-order valence-corrected chi connectivity index (χ3v) is 4.23. The number of hydrogen-bond acceptors (Lipinski definition) is 2. The maximum Gasteiger partial charge on any atom is 0.237 e. The van der Waals surface area contributed by atoms with Gasteiger partial charge in [-0.2, -0.15) is 0 Å². The van der Waals surface area contributed by atoms with Crippen molar-refractivity contribution >= 4 is 35.0 Å². The van der Waals surface area contributed by atoms with Crippen LogP contribution < -0.4 is 5.32 Å². The highest BCUT2D eigenvalue weighted by Crippen LogP contribution is 2.25. The molecule has 0 spiro atoms. The minimum absolute atomic E-state index is 0.0239. The summed E-state index contributed by atoms with van der Waals surface area (Å²) in [7, 11) is 0. The fourth-order valence-electron chi connectivity index (χ4n) is 1.72. The van der Waals surface area contributed by atoms with Crippen LogP contribution >= 0.6 is 23.4 Å². The second-order valence-electron chi connectivity index (χ2n) is 4.52. The van der Waals surface area contributed by atoms with Crippen LogP contribution in [0.2, 0.25) is 5.02 Å². The summed E-state index contributed by atoms with van der Waals surface area (Å²) in [6, 6.07) is 15.4. The summed E-state index contributed by atoms with van der Waals surface area (Å²) in [5.74, 6) is -0.0239. The molecule has 0 radical (unpaired) electrons. The summed E-state index contributed by atoms with van der Waals surface area (Å²) >= 11 is 7.49. The van der Waals surface area contributed by atoms with Crippen molar-refractivity contribution in [3.05, 3.63) is 59.1 Å². The van der Waals surface area contributed by atoms with E-state index in [0.717, 1.165) is 16.1 Å². The number of hydrogen-bond donors (Lipinski definition) is 1. The van der Waals surface area contributed by atoms with Crippen molar-refractivity contribution in [3.63, 3.8) is 0 Å². The van der Waals surface area contributed by atoms with E-state index in [1.54, 1.807) is 6.07 Å². The van der Waals surface area contributed by atoms with Crippen molar-refractivity contribution in [2.45, 2.75) is 24.0 Å². The number of halogens is 1. The molecule has 20 heavy (non-hydrogen) atoms. The molecule has 104 valence electrons. The molecule has 0 saturated carbocycles. The van der Waals surface area contributed by atoms with E-state index >= 15 is 0 Å². The van der Waals surface area contributed by atoms with E-state index in [1.807, 2.05) is 56.3 Å². The van der Waals surface area contributed by atoms with Crippen LogP contribution in [0.15, 0.2) is 53.4 Å². The molecule has 2 nitrogen and oxygen atoms in total. The number of aryl methyl sites for hydroxylation is 1. The molecule has 4 heteroatoms. The minimum atomic E-state index is -0.171. The normalized spacial score (nSPS) is 11.9. The van der Waals surface area contributed by atoms with E-state index < -0.39 is 0 Å². The predicted molar refractivity (Wildman–Crippen MR) is 86.6 cm³/mol. The van der Waals surface area contributed by atoms with Crippen LogP contribution in [0.4, 0.5) is 5.69 Å². The number of carbonyl (C=O) groups excluding carboxylic acids is 1. The number of nitrogens with one attached hydrogen (secondary N) is 1. The molecular weight excluding hydrogens is 290 g/mol. The molecular formula is C16H16ClNOS. The average molecular weight is 306 g/mol. The Bertz CT molecular complexity index is 601. The average Bonchev–Trinajstić information content (AvgIpc) is 2.44. The molecule has 2 aromatic carbocycles. The van der Waals surface area contributed by atoms with Gasteiger partial charge in [0.2, 0.25) is 5.91 Å². The zero-order chi connectivity index (χ0) is 14.5. The Morgan fingerprint density at radius 1 is 1.20 bits per heavy atom. The number of carbonyl (C=O) groups is 1. The van der Waals surface area contributed by atoms with E-state index in [0.29, 0.717) is 5.02 Å². The largest absolute Gasteiger partial charge is 0.325 e. The number of amides is 1. The Morgan fingerprint density at radius 3 is 2.60 bits per heavy atom. The Labute approximate surface area is 128 Å². The summed E-state index contributed by atoms with van der Waals surface area (Å²) in [6.07, 6.45) is 0. The van der Waals surface area contributed by atoms with Crippen LogP contribution in [-0.4, -0.2) is 11.2 Å². The highest BCUT2D eigenvalue weighted by Gasteiger charge is 2.15. The van der Waals surface area contributed by atoms with Gasteiger partial charge in [-0.3, -0.25) is 4.79 Å². The fraction of sp³-hybridized carbons (Fsp3) is 0.188. The Morgan fingerprint density at radius 2 is 1.90 bits per heavy atom. The van der Waals surface area contributed by atoms with Crippen molar-refractivity contribution in [1.82, 2.24) is 0 Å². The van der Waals surface area contributed by atoms with Gasteiger partial charge in [0, 0.05) is 15.6 Å². The van der Waals surface area contributed by atoms with Crippen molar-refractivity contribution in [2.75, 3.05) is 5.32 Å². The standard InChI is InChI=1S/C16H16ClNOS/c1-11-8-9-13(17)10-15(11)18-16(19)12(2)20-14-6-4-3-5-7-14/h3-10,12H,1-2H3,(H,18,19)/t12-/m0/s1. The molecule has 0 aromatic heterocycles. The van der Waals surface area contributed by atoms with Gasteiger partial charge in [0.1, 0.15) is 0 Å². The summed E-state index contributed by atoms with van der Waals surface area (Å²) in [4.78, 5) is 13.3. The highest BCUT2D eigenvalue weighted by atomic mass is 35.5. The lowest BCUT2D eigenvalue weighted by molar-refractivity contribution is -0.115.